The van der Waals surface area contributed by atoms with E-state index in [9.17, 15) is 0 Å². The largest absolute Gasteiger partial charge is 0.447 e. The second-order valence-electron chi connectivity index (χ2n) is 3.92. The van der Waals surface area contributed by atoms with Crippen LogP contribution in [0.15, 0.2) is 24.3 Å². The van der Waals surface area contributed by atoms with E-state index in [0.29, 0.717) is 12.5 Å². The standard InChI is InChI=1S/C14H18O/c1-4-15-10-9-13-7-5-6-8-14(13)11-12(2)3/h5-8,12H,4,11H2,1-3H3. The summed E-state index contributed by atoms with van der Waals surface area (Å²) in [5.41, 5.74) is 2.39. The van der Waals surface area contributed by atoms with Crippen molar-refractivity contribution in [2.24, 2.45) is 5.92 Å². The van der Waals surface area contributed by atoms with Crippen LogP contribution < -0.4 is 0 Å². The number of benzene rings is 1. The Hall–Kier alpha value is -1.42. The van der Waals surface area contributed by atoms with Crippen LogP contribution in [-0.4, -0.2) is 6.61 Å². The highest BCUT2D eigenvalue weighted by Gasteiger charge is 2.01. The molecule has 0 radical (unpaired) electrons. The van der Waals surface area contributed by atoms with Crippen molar-refractivity contribution >= 4 is 0 Å². The minimum absolute atomic E-state index is 0.638. The second kappa shape index (κ2) is 6.14. The molecule has 0 aromatic heterocycles. The summed E-state index contributed by atoms with van der Waals surface area (Å²) in [6.07, 6.45) is 3.78. The first-order chi connectivity index (χ1) is 7.24. The van der Waals surface area contributed by atoms with E-state index < -0.39 is 0 Å². The average Bonchev–Trinajstić information content (AvgIpc) is 2.20. The van der Waals surface area contributed by atoms with Crippen molar-refractivity contribution < 1.29 is 4.74 Å². The van der Waals surface area contributed by atoms with Gasteiger partial charge in [-0.25, -0.2) is 0 Å². The maximum absolute atomic E-state index is 5.04. The van der Waals surface area contributed by atoms with Gasteiger partial charge in [0.15, 0.2) is 0 Å². The quantitative estimate of drug-likeness (QED) is 0.684. The van der Waals surface area contributed by atoms with Gasteiger partial charge in [-0.15, -0.1) is 0 Å². The molecule has 0 bridgehead atoms. The summed E-state index contributed by atoms with van der Waals surface area (Å²) < 4.78 is 5.04. The Morgan fingerprint density at radius 1 is 1.27 bits per heavy atom. The average molecular weight is 202 g/mol. The molecule has 80 valence electrons. The molecule has 0 atom stereocenters. The predicted molar refractivity (Wildman–Crippen MR) is 63.5 cm³/mol. The van der Waals surface area contributed by atoms with Crippen molar-refractivity contribution in [3.05, 3.63) is 35.4 Å². The Labute approximate surface area is 92.5 Å². The second-order valence-corrected chi connectivity index (χ2v) is 3.92. The summed E-state index contributed by atoms with van der Waals surface area (Å²) >= 11 is 0. The minimum atomic E-state index is 0.638. The maximum atomic E-state index is 5.04. The molecular formula is C14H18O. The van der Waals surface area contributed by atoms with Crippen LogP contribution in [0.5, 0.6) is 0 Å². The summed E-state index contributed by atoms with van der Waals surface area (Å²) in [5, 5.41) is 0. The number of hydrogen-bond acceptors (Lipinski definition) is 1. The molecule has 0 aliphatic rings. The van der Waals surface area contributed by atoms with E-state index >= 15 is 0 Å². The predicted octanol–water partition coefficient (Wildman–Crippen LogP) is 3.23. The maximum Gasteiger partial charge on any atom is 0.115 e. The van der Waals surface area contributed by atoms with Crippen LogP contribution in [-0.2, 0) is 11.2 Å². The first-order valence-corrected chi connectivity index (χ1v) is 5.44. The van der Waals surface area contributed by atoms with Gasteiger partial charge < -0.3 is 4.74 Å². The monoisotopic (exact) mass is 202 g/mol. The summed E-state index contributed by atoms with van der Waals surface area (Å²) in [4.78, 5) is 0. The van der Waals surface area contributed by atoms with E-state index in [2.05, 4.69) is 38.0 Å². The number of hydrogen-bond donors (Lipinski definition) is 0. The highest BCUT2D eigenvalue weighted by molar-refractivity contribution is 5.40. The Morgan fingerprint density at radius 3 is 2.67 bits per heavy atom. The third-order valence-electron chi connectivity index (χ3n) is 2.05. The zero-order valence-corrected chi connectivity index (χ0v) is 9.71. The van der Waals surface area contributed by atoms with Crippen LogP contribution in [0, 0.1) is 17.9 Å². The van der Waals surface area contributed by atoms with Gasteiger partial charge in [0.25, 0.3) is 0 Å². The molecule has 1 aromatic rings. The lowest BCUT2D eigenvalue weighted by molar-refractivity contribution is 0.299. The number of ether oxygens (including phenoxy) is 1. The van der Waals surface area contributed by atoms with Crippen LogP contribution in [0.2, 0.25) is 0 Å². The molecule has 0 aliphatic carbocycles. The van der Waals surface area contributed by atoms with Crippen molar-refractivity contribution in [3.8, 4) is 12.0 Å². The number of rotatable bonds is 3. The van der Waals surface area contributed by atoms with Crippen molar-refractivity contribution in [3.63, 3.8) is 0 Å². The molecule has 1 aromatic carbocycles. The molecule has 0 amide bonds. The van der Waals surface area contributed by atoms with Crippen LogP contribution in [0.4, 0.5) is 0 Å². The molecule has 1 nitrogen and oxygen atoms in total. The lowest BCUT2D eigenvalue weighted by Gasteiger charge is -2.06. The molecule has 1 heteroatoms. The molecule has 0 saturated heterocycles. The van der Waals surface area contributed by atoms with Gasteiger partial charge in [0, 0.05) is 5.56 Å². The molecular weight excluding hydrogens is 184 g/mol. The van der Waals surface area contributed by atoms with Crippen molar-refractivity contribution in [1.82, 2.24) is 0 Å². The Balaban J connectivity index is 2.83. The van der Waals surface area contributed by atoms with Crippen LogP contribution in [0.1, 0.15) is 31.9 Å². The minimum Gasteiger partial charge on any atom is -0.447 e. The smallest absolute Gasteiger partial charge is 0.115 e. The zero-order chi connectivity index (χ0) is 11.1. The molecule has 0 spiro atoms. The molecule has 1 rings (SSSR count). The van der Waals surface area contributed by atoms with Gasteiger partial charge in [0.2, 0.25) is 0 Å². The third-order valence-corrected chi connectivity index (χ3v) is 2.05. The van der Waals surface area contributed by atoms with E-state index in [1.165, 1.54) is 5.56 Å². The molecule has 0 fully saturated rings. The highest BCUT2D eigenvalue weighted by Crippen LogP contribution is 2.12. The Kier molecular flexibility index (Phi) is 4.77. The molecule has 0 N–H and O–H groups in total. The van der Waals surface area contributed by atoms with Crippen molar-refractivity contribution in [1.29, 1.82) is 0 Å². The lowest BCUT2D eigenvalue weighted by Crippen LogP contribution is -1.96. The third kappa shape index (κ3) is 4.08. The molecule has 0 unspecified atom stereocenters. The lowest BCUT2D eigenvalue weighted by atomic mass is 9.98. The fraction of sp³-hybridized carbons (Fsp3) is 0.429. The zero-order valence-electron chi connectivity index (χ0n) is 9.71. The van der Waals surface area contributed by atoms with E-state index in [4.69, 9.17) is 4.74 Å². The van der Waals surface area contributed by atoms with Crippen LogP contribution >= 0.6 is 0 Å². The van der Waals surface area contributed by atoms with Crippen molar-refractivity contribution in [2.75, 3.05) is 6.61 Å². The summed E-state index contributed by atoms with van der Waals surface area (Å²) in [6, 6.07) is 8.25. The van der Waals surface area contributed by atoms with Gasteiger partial charge in [-0.05, 0) is 36.8 Å². The van der Waals surface area contributed by atoms with Gasteiger partial charge in [-0.3, -0.25) is 0 Å². The van der Waals surface area contributed by atoms with Gasteiger partial charge >= 0.3 is 0 Å². The first kappa shape index (κ1) is 11.7. The Bertz CT molecular complexity index is 355. The molecule has 0 saturated carbocycles. The normalized spacial score (nSPS) is 9.60. The van der Waals surface area contributed by atoms with Crippen molar-refractivity contribution in [2.45, 2.75) is 27.2 Å². The van der Waals surface area contributed by atoms with Crippen LogP contribution in [0.3, 0.4) is 0 Å². The van der Waals surface area contributed by atoms with E-state index in [-0.39, 0.29) is 0 Å². The van der Waals surface area contributed by atoms with Gasteiger partial charge in [-0.1, -0.05) is 32.0 Å². The van der Waals surface area contributed by atoms with E-state index in [0.717, 1.165) is 12.0 Å². The Morgan fingerprint density at radius 2 is 2.00 bits per heavy atom. The fourth-order valence-electron chi connectivity index (χ4n) is 1.42. The van der Waals surface area contributed by atoms with Crippen LogP contribution in [0.25, 0.3) is 0 Å². The molecule has 15 heavy (non-hydrogen) atoms. The fourth-order valence-corrected chi connectivity index (χ4v) is 1.42. The topological polar surface area (TPSA) is 9.23 Å². The molecule has 0 heterocycles. The van der Waals surface area contributed by atoms with Gasteiger partial charge in [0.05, 0.1) is 6.61 Å². The molecule has 0 aliphatic heterocycles. The summed E-state index contributed by atoms with van der Waals surface area (Å²) in [7, 11) is 0. The van der Waals surface area contributed by atoms with Gasteiger partial charge in [0.1, 0.15) is 6.11 Å². The van der Waals surface area contributed by atoms with E-state index in [1.54, 1.807) is 0 Å². The van der Waals surface area contributed by atoms with E-state index in [1.807, 2.05) is 19.1 Å². The summed E-state index contributed by atoms with van der Waals surface area (Å²) in [5.74, 6) is 3.70. The SMILES string of the molecule is CCOC#Cc1ccccc1CC(C)C. The van der Waals surface area contributed by atoms with Gasteiger partial charge in [-0.2, -0.15) is 0 Å². The highest BCUT2D eigenvalue weighted by atomic mass is 16.5. The first-order valence-electron chi connectivity index (χ1n) is 5.44. The summed E-state index contributed by atoms with van der Waals surface area (Å²) in [6.45, 7) is 7.01.